The number of H-pyrrole nitrogens is 1. The SMILES string of the molecule is CCCc1nc([C@H]2CN([C@H]3CCN(C)C3=O)CCO2)n[nH]1. The standard InChI is InChI=1S/C14H23N5O2/c1-3-4-12-15-13(17-16-12)11-9-19(7-8-21-11)10-5-6-18(2)14(10)20/h10-11H,3-9H2,1-2H3,(H,15,16,17)/t10-,11+/m0/s1. The average molecular weight is 293 g/mol. The number of ether oxygens (including phenoxy) is 1. The highest BCUT2D eigenvalue weighted by atomic mass is 16.5. The van der Waals surface area contributed by atoms with Crippen LogP contribution in [0, 0.1) is 0 Å². The first-order chi connectivity index (χ1) is 10.2. The number of rotatable bonds is 4. The number of aromatic amines is 1. The molecule has 7 heteroatoms. The van der Waals surface area contributed by atoms with Gasteiger partial charge in [-0.25, -0.2) is 4.98 Å². The molecule has 0 aromatic carbocycles. The minimum Gasteiger partial charge on any atom is -0.367 e. The molecule has 2 fully saturated rings. The lowest BCUT2D eigenvalue weighted by Crippen LogP contribution is -2.48. The molecule has 2 saturated heterocycles. The number of amides is 1. The molecule has 1 aromatic rings. The Morgan fingerprint density at radius 3 is 3.00 bits per heavy atom. The van der Waals surface area contributed by atoms with E-state index in [2.05, 4.69) is 27.0 Å². The summed E-state index contributed by atoms with van der Waals surface area (Å²) in [6.45, 7) is 5.06. The quantitative estimate of drug-likeness (QED) is 0.867. The summed E-state index contributed by atoms with van der Waals surface area (Å²) in [6, 6.07) is -0.00421. The van der Waals surface area contributed by atoms with Gasteiger partial charge in [0.15, 0.2) is 5.82 Å². The number of hydrogen-bond donors (Lipinski definition) is 1. The number of hydrogen-bond acceptors (Lipinski definition) is 5. The third kappa shape index (κ3) is 2.94. The summed E-state index contributed by atoms with van der Waals surface area (Å²) in [6.07, 6.45) is 2.70. The first-order valence-electron chi connectivity index (χ1n) is 7.71. The fourth-order valence-electron chi connectivity index (χ4n) is 3.05. The number of aromatic nitrogens is 3. The number of nitrogens with one attached hydrogen (secondary N) is 1. The van der Waals surface area contributed by atoms with Gasteiger partial charge >= 0.3 is 0 Å². The highest BCUT2D eigenvalue weighted by molar-refractivity contribution is 5.83. The minimum absolute atomic E-state index is 0.00421. The average Bonchev–Trinajstić information content (AvgIpc) is 3.08. The maximum Gasteiger partial charge on any atom is 0.239 e. The Balaban J connectivity index is 1.66. The topological polar surface area (TPSA) is 74.3 Å². The van der Waals surface area contributed by atoms with Crippen molar-refractivity contribution in [2.24, 2.45) is 0 Å². The second-order valence-electron chi connectivity index (χ2n) is 5.81. The van der Waals surface area contributed by atoms with Crippen molar-refractivity contribution < 1.29 is 9.53 Å². The number of aryl methyl sites for hydroxylation is 1. The van der Waals surface area contributed by atoms with Crippen LogP contribution in [-0.4, -0.2) is 70.2 Å². The molecule has 0 saturated carbocycles. The molecular formula is C14H23N5O2. The normalized spacial score (nSPS) is 27.5. The minimum atomic E-state index is -0.140. The number of likely N-dealkylation sites (N-methyl/N-ethyl adjacent to an activating group) is 1. The molecule has 0 spiro atoms. The Kier molecular flexibility index (Phi) is 4.21. The Morgan fingerprint density at radius 2 is 2.29 bits per heavy atom. The molecule has 0 unspecified atom stereocenters. The van der Waals surface area contributed by atoms with Crippen molar-refractivity contribution in [2.45, 2.75) is 38.3 Å². The molecule has 2 aliphatic heterocycles. The van der Waals surface area contributed by atoms with Crippen molar-refractivity contribution in [1.82, 2.24) is 25.0 Å². The molecule has 3 heterocycles. The van der Waals surface area contributed by atoms with E-state index in [1.54, 1.807) is 4.90 Å². The van der Waals surface area contributed by atoms with Crippen LogP contribution in [-0.2, 0) is 16.0 Å². The number of carbonyl (C=O) groups excluding carboxylic acids is 1. The third-order valence-corrected chi connectivity index (χ3v) is 4.26. The van der Waals surface area contributed by atoms with Gasteiger partial charge in [-0.15, -0.1) is 0 Å². The number of morpholine rings is 1. The van der Waals surface area contributed by atoms with E-state index in [-0.39, 0.29) is 18.1 Å². The summed E-state index contributed by atoms with van der Waals surface area (Å²) in [5.41, 5.74) is 0. The smallest absolute Gasteiger partial charge is 0.239 e. The van der Waals surface area contributed by atoms with E-state index in [1.165, 1.54) is 0 Å². The summed E-state index contributed by atoms with van der Waals surface area (Å²) in [5, 5.41) is 7.24. The maximum absolute atomic E-state index is 12.1. The molecule has 21 heavy (non-hydrogen) atoms. The predicted octanol–water partition coefficient (Wildman–Crippen LogP) is 0.361. The fraction of sp³-hybridized carbons (Fsp3) is 0.786. The molecule has 0 radical (unpaired) electrons. The highest BCUT2D eigenvalue weighted by Gasteiger charge is 2.37. The monoisotopic (exact) mass is 293 g/mol. The van der Waals surface area contributed by atoms with Crippen LogP contribution < -0.4 is 0 Å². The van der Waals surface area contributed by atoms with E-state index >= 15 is 0 Å². The van der Waals surface area contributed by atoms with Gasteiger partial charge in [0.2, 0.25) is 5.91 Å². The van der Waals surface area contributed by atoms with E-state index < -0.39 is 0 Å². The van der Waals surface area contributed by atoms with Crippen LogP contribution in [0.3, 0.4) is 0 Å². The Labute approximate surface area is 124 Å². The summed E-state index contributed by atoms with van der Waals surface area (Å²) in [5.74, 6) is 1.84. The number of likely N-dealkylation sites (tertiary alicyclic amines) is 1. The first-order valence-corrected chi connectivity index (χ1v) is 7.71. The molecule has 1 N–H and O–H groups in total. The van der Waals surface area contributed by atoms with Crippen molar-refractivity contribution in [2.75, 3.05) is 33.3 Å². The molecule has 0 bridgehead atoms. The predicted molar refractivity (Wildman–Crippen MR) is 76.7 cm³/mol. The molecule has 0 aliphatic carbocycles. The van der Waals surface area contributed by atoms with E-state index in [1.807, 2.05) is 7.05 Å². The van der Waals surface area contributed by atoms with Crippen LogP contribution in [0.1, 0.15) is 37.5 Å². The molecule has 2 atom stereocenters. The van der Waals surface area contributed by atoms with Gasteiger partial charge < -0.3 is 9.64 Å². The highest BCUT2D eigenvalue weighted by Crippen LogP contribution is 2.24. The summed E-state index contributed by atoms with van der Waals surface area (Å²) in [4.78, 5) is 20.7. The molecular weight excluding hydrogens is 270 g/mol. The van der Waals surface area contributed by atoms with Crippen molar-refractivity contribution >= 4 is 5.91 Å². The van der Waals surface area contributed by atoms with E-state index in [9.17, 15) is 4.79 Å². The van der Waals surface area contributed by atoms with Gasteiger partial charge in [0.1, 0.15) is 11.9 Å². The zero-order valence-electron chi connectivity index (χ0n) is 12.7. The van der Waals surface area contributed by atoms with Crippen LogP contribution in [0.5, 0.6) is 0 Å². The lowest BCUT2D eigenvalue weighted by atomic mass is 10.1. The van der Waals surface area contributed by atoms with Crippen molar-refractivity contribution in [3.63, 3.8) is 0 Å². The third-order valence-electron chi connectivity index (χ3n) is 4.26. The molecule has 3 rings (SSSR count). The van der Waals surface area contributed by atoms with Crippen LogP contribution in [0.15, 0.2) is 0 Å². The Bertz CT molecular complexity index is 503. The fourth-order valence-corrected chi connectivity index (χ4v) is 3.05. The van der Waals surface area contributed by atoms with Gasteiger partial charge in [0.25, 0.3) is 0 Å². The Morgan fingerprint density at radius 1 is 1.43 bits per heavy atom. The zero-order valence-corrected chi connectivity index (χ0v) is 12.7. The maximum atomic E-state index is 12.1. The van der Waals surface area contributed by atoms with Gasteiger partial charge in [-0.1, -0.05) is 6.92 Å². The second-order valence-corrected chi connectivity index (χ2v) is 5.81. The van der Waals surface area contributed by atoms with Crippen LogP contribution >= 0.6 is 0 Å². The van der Waals surface area contributed by atoms with Gasteiger partial charge in [-0.05, 0) is 12.8 Å². The molecule has 2 aliphatic rings. The lowest BCUT2D eigenvalue weighted by Gasteiger charge is -2.34. The zero-order chi connectivity index (χ0) is 14.8. The first kappa shape index (κ1) is 14.5. The Hall–Kier alpha value is -1.47. The van der Waals surface area contributed by atoms with E-state index in [0.717, 1.165) is 38.2 Å². The summed E-state index contributed by atoms with van der Waals surface area (Å²) >= 11 is 0. The van der Waals surface area contributed by atoms with E-state index in [0.29, 0.717) is 19.0 Å². The van der Waals surface area contributed by atoms with Gasteiger partial charge in [0.05, 0.1) is 12.6 Å². The van der Waals surface area contributed by atoms with Gasteiger partial charge in [-0.3, -0.25) is 14.8 Å². The molecule has 7 nitrogen and oxygen atoms in total. The van der Waals surface area contributed by atoms with Crippen LogP contribution in [0.2, 0.25) is 0 Å². The molecule has 116 valence electrons. The van der Waals surface area contributed by atoms with Gasteiger partial charge in [0, 0.05) is 33.1 Å². The summed E-state index contributed by atoms with van der Waals surface area (Å²) < 4.78 is 5.80. The number of carbonyl (C=O) groups is 1. The van der Waals surface area contributed by atoms with Crippen LogP contribution in [0.25, 0.3) is 0 Å². The summed E-state index contributed by atoms with van der Waals surface area (Å²) in [7, 11) is 1.87. The van der Waals surface area contributed by atoms with Crippen LogP contribution in [0.4, 0.5) is 0 Å². The number of nitrogens with zero attached hydrogens (tertiary/aromatic N) is 4. The van der Waals surface area contributed by atoms with Crippen molar-refractivity contribution in [3.05, 3.63) is 11.6 Å². The molecule has 1 aromatic heterocycles. The van der Waals surface area contributed by atoms with Crippen molar-refractivity contribution in [3.8, 4) is 0 Å². The molecule has 1 amide bonds. The van der Waals surface area contributed by atoms with Gasteiger partial charge in [-0.2, -0.15) is 5.10 Å². The second kappa shape index (κ2) is 6.11. The largest absolute Gasteiger partial charge is 0.367 e. The van der Waals surface area contributed by atoms with Crippen molar-refractivity contribution in [1.29, 1.82) is 0 Å². The van der Waals surface area contributed by atoms with E-state index in [4.69, 9.17) is 4.74 Å². The lowest BCUT2D eigenvalue weighted by molar-refractivity contribution is -0.134.